The molecule has 0 atom stereocenters. The smallest absolute Gasteiger partial charge is 0.224 e. The second-order valence-electron chi connectivity index (χ2n) is 4.42. The molecule has 0 bridgehead atoms. The molecule has 0 radical (unpaired) electrons. The molecule has 19 heavy (non-hydrogen) atoms. The molecule has 0 aromatic heterocycles. The fourth-order valence-corrected chi connectivity index (χ4v) is 2.06. The molecule has 5 nitrogen and oxygen atoms in total. The van der Waals surface area contributed by atoms with Crippen LogP contribution in [0, 0.1) is 0 Å². The van der Waals surface area contributed by atoms with Gasteiger partial charge in [0.25, 0.3) is 0 Å². The summed E-state index contributed by atoms with van der Waals surface area (Å²) in [6, 6.07) is 5.80. The van der Waals surface area contributed by atoms with Gasteiger partial charge in [-0.25, -0.2) is 0 Å². The summed E-state index contributed by atoms with van der Waals surface area (Å²) >= 11 is 0. The van der Waals surface area contributed by atoms with E-state index >= 15 is 0 Å². The van der Waals surface area contributed by atoms with Gasteiger partial charge in [-0.1, -0.05) is 6.07 Å². The van der Waals surface area contributed by atoms with E-state index in [4.69, 9.17) is 15.2 Å². The Labute approximate surface area is 113 Å². The van der Waals surface area contributed by atoms with Crippen molar-refractivity contribution in [3.05, 3.63) is 23.8 Å². The fraction of sp³-hybridized carbons (Fsp3) is 0.500. The van der Waals surface area contributed by atoms with Crippen molar-refractivity contribution >= 4 is 5.91 Å². The van der Waals surface area contributed by atoms with E-state index < -0.39 is 0 Å². The molecule has 1 aliphatic heterocycles. The lowest BCUT2D eigenvalue weighted by Crippen LogP contribution is -2.31. The van der Waals surface area contributed by atoms with Crippen LogP contribution < -0.4 is 15.2 Å². The Balaban J connectivity index is 2.07. The van der Waals surface area contributed by atoms with Crippen molar-refractivity contribution in [2.75, 3.05) is 26.3 Å². The van der Waals surface area contributed by atoms with Crippen LogP contribution in [0.5, 0.6) is 11.5 Å². The van der Waals surface area contributed by atoms with Crippen molar-refractivity contribution < 1.29 is 14.3 Å². The number of amides is 1. The van der Waals surface area contributed by atoms with Crippen LogP contribution in [-0.4, -0.2) is 37.1 Å². The number of carbonyl (C=O) groups is 1. The number of ether oxygens (including phenoxy) is 2. The maximum Gasteiger partial charge on any atom is 0.224 e. The molecule has 2 rings (SSSR count). The lowest BCUT2D eigenvalue weighted by molar-refractivity contribution is -0.131. The molecule has 0 saturated carbocycles. The van der Waals surface area contributed by atoms with Crippen molar-refractivity contribution in [2.45, 2.75) is 19.9 Å². The molecule has 2 N–H and O–H groups in total. The van der Waals surface area contributed by atoms with Crippen molar-refractivity contribution in [1.29, 1.82) is 0 Å². The third-order valence-corrected chi connectivity index (χ3v) is 3.07. The fourth-order valence-electron chi connectivity index (χ4n) is 2.06. The van der Waals surface area contributed by atoms with Gasteiger partial charge in [0.15, 0.2) is 11.5 Å². The number of benzene rings is 1. The molecule has 0 fully saturated rings. The van der Waals surface area contributed by atoms with Crippen LogP contribution >= 0.6 is 0 Å². The number of rotatable bonds is 5. The minimum Gasteiger partial charge on any atom is -0.486 e. The van der Waals surface area contributed by atoms with E-state index in [0.29, 0.717) is 39.3 Å². The SMILES string of the molecule is CCN(Cc1ccc2c(c1)OCCO2)C(=O)CCN. The highest BCUT2D eigenvalue weighted by molar-refractivity contribution is 5.76. The lowest BCUT2D eigenvalue weighted by Gasteiger charge is -2.23. The number of hydrogen-bond acceptors (Lipinski definition) is 4. The lowest BCUT2D eigenvalue weighted by atomic mass is 10.1. The Morgan fingerprint density at radius 1 is 1.32 bits per heavy atom. The molecule has 5 heteroatoms. The van der Waals surface area contributed by atoms with Gasteiger partial charge in [-0.2, -0.15) is 0 Å². The van der Waals surface area contributed by atoms with Crippen LogP contribution in [0.1, 0.15) is 18.9 Å². The molecule has 1 aliphatic rings. The van der Waals surface area contributed by atoms with Crippen LogP contribution in [0.25, 0.3) is 0 Å². The van der Waals surface area contributed by atoms with Crippen molar-refractivity contribution in [3.8, 4) is 11.5 Å². The Bertz CT molecular complexity index is 448. The zero-order chi connectivity index (χ0) is 13.7. The Kier molecular flexibility index (Phi) is 4.63. The Morgan fingerprint density at radius 3 is 2.74 bits per heavy atom. The second kappa shape index (κ2) is 6.43. The van der Waals surface area contributed by atoms with Crippen LogP contribution in [0.15, 0.2) is 18.2 Å². The summed E-state index contributed by atoms with van der Waals surface area (Å²) in [6.07, 6.45) is 0.387. The zero-order valence-corrected chi connectivity index (χ0v) is 11.2. The van der Waals surface area contributed by atoms with Gasteiger partial charge in [-0.3, -0.25) is 4.79 Å². The van der Waals surface area contributed by atoms with Gasteiger partial charge in [-0.15, -0.1) is 0 Å². The monoisotopic (exact) mass is 264 g/mol. The van der Waals surface area contributed by atoms with Gasteiger partial charge in [0, 0.05) is 26.1 Å². The number of fused-ring (bicyclic) bond motifs is 1. The highest BCUT2D eigenvalue weighted by Gasteiger charge is 2.15. The van der Waals surface area contributed by atoms with Gasteiger partial charge in [0.1, 0.15) is 13.2 Å². The first-order valence-electron chi connectivity index (χ1n) is 6.61. The van der Waals surface area contributed by atoms with E-state index in [1.165, 1.54) is 0 Å². The molecule has 0 spiro atoms. The number of nitrogens with two attached hydrogens (primary N) is 1. The minimum atomic E-state index is 0.0832. The minimum absolute atomic E-state index is 0.0832. The van der Waals surface area contributed by atoms with Gasteiger partial charge < -0.3 is 20.1 Å². The van der Waals surface area contributed by atoms with Crippen LogP contribution in [0.2, 0.25) is 0 Å². The quantitative estimate of drug-likeness (QED) is 0.866. The van der Waals surface area contributed by atoms with Crippen molar-refractivity contribution in [3.63, 3.8) is 0 Å². The Morgan fingerprint density at radius 2 is 2.05 bits per heavy atom. The van der Waals surface area contributed by atoms with Gasteiger partial charge in [0.05, 0.1) is 0 Å². The molecule has 0 saturated heterocycles. The number of carbonyl (C=O) groups excluding carboxylic acids is 1. The molecule has 1 heterocycles. The molecule has 1 aromatic carbocycles. The van der Waals surface area contributed by atoms with Gasteiger partial charge in [-0.05, 0) is 24.6 Å². The summed E-state index contributed by atoms with van der Waals surface area (Å²) in [7, 11) is 0. The van der Waals surface area contributed by atoms with E-state index in [1.54, 1.807) is 4.90 Å². The van der Waals surface area contributed by atoms with E-state index in [1.807, 2.05) is 25.1 Å². The summed E-state index contributed by atoms with van der Waals surface area (Å²) in [6.45, 7) is 4.75. The summed E-state index contributed by atoms with van der Waals surface area (Å²) in [4.78, 5) is 13.6. The van der Waals surface area contributed by atoms with E-state index in [2.05, 4.69) is 0 Å². The third kappa shape index (κ3) is 3.38. The van der Waals surface area contributed by atoms with E-state index in [-0.39, 0.29) is 5.91 Å². The van der Waals surface area contributed by atoms with Crippen molar-refractivity contribution in [1.82, 2.24) is 4.90 Å². The molecular formula is C14H20N2O3. The maximum atomic E-state index is 11.9. The van der Waals surface area contributed by atoms with Crippen LogP contribution in [0.4, 0.5) is 0 Å². The largest absolute Gasteiger partial charge is 0.486 e. The van der Waals surface area contributed by atoms with E-state index in [9.17, 15) is 4.79 Å². The second-order valence-corrected chi connectivity index (χ2v) is 4.42. The maximum absolute atomic E-state index is 11.9. The number of hydrogen-bond donors (Lipinski definition) is 1. The third-order valence-electron chi connectivity index (χ3n) is 3.07. The van der Waals surface area contributed by atoms with Crippen LogP contribution in [0.3, 0.4) is 0 Å². The first kappa shape index (κ1) is 13.7. The zero-order valence-electron chi connectivity index (χ0n) is 11.2. The van der Waals surface area contributed by atoms with Crippen LogP contribution in [-0.2, 0) is 11.3 Å². The first-order valence-corrected chi connectivity index (χ1v) is 6.61. The standard InChI is InChI=1S/C14H20N2O3/c1-2-16(14(17)5-6-15)10-11-3-4-12-13(9-11)19-8-7-18-12/h3-4,9H,2,5-8,10,15H2,1H3. The summed E-state index contributed by atoms with van der Waals surface area (Å²) in [5.41, 5.74) is 6.46. The summed E-state index contributed by atoms with van der Waals surface area (Å²) < 4.78 is 11.0. The number of nitrogens with zero attached hydrogens (tertiary/aromatic N) is 1. The average molecular weight is 264 g/mol. The first-order chi connectivity index (χ1) is 9.24. The molecule has 0 unspecified atom stereocenters. The van der Waals surface area contributed by atoms with Gasteiger partial charge in [0.2, 0.25) is 5.91 Å². The molecule has 104 valence electrons. The molecular weight excluding hydrogens is 244 g/mol. The molecule has 1 amide bonds. The molecule has 1 aromatic rings. The summed E-state index contributed by atoms with van der Waals surface area (Å²) in [5, 5.41) is 0. The predicted octanol–water partition coefficient (Wildman–Crippen LogP) is 1.16. The topological polar surface area (TPSA) is 64.8 Å². The average Bonchev–Trinajstić information content (AvgIpc) is 2.44. The highest BCUT2D eigenvalue weighted by atomic mass is 16.6. The predicted molar refractivity (Wildman–Crippen MR) is 72.2 cm³/mol. The Hall–Kier alpha value is -1.75. The van der Waals surface area contributed by atoms with E-state index in [0.717, 1.165) is 17.1 Å². The van der Waals surface area contributed by atoms with Gasteiger partial charge >= 0.3 is 0 Å². The highest BCUT2D eigenvalue weighted by Crippen LogP contribution is 2.31. The normalized spacial score (nSPS) is 13.2. The van der Waals surface area contributed by atoms with Crippen molar-refractivity contribution in [2.24, 2.45) is 5.73 Å². The molecule has 0 aliphatic carbocycles. The summed E-state index contributed by atoms with van der Waals surface area (Å²) in [5.74, 6) is 1.61.